The number of hydrogen-bond donors (Lipinski definition) is 3. The van der Waals surface area contributed by atoms with E-state index < -0.39 is 5.54 Å². The zero-order chi connectivity index (χ0) is 13.6. The van der Waals surface area contributed by atoms with Crippen LogP contribution in [0.4, 0.5) is 0 Å². The third-order valence-electron chi connectivity index (χ3n) is 2.25. The van der Waals surface area contributed by atoms with Gasteiger partial charge in [-0.25, -0.2) is 0 Å². The molecule has 6 heteroatoms. The average molecular weight is 269 g/mol. The molecule has 0 saturated carbocycles. The van der Waals surface area contributed by atoms with E-state index in [1.54, 1.807) is 19.9 Å². The maximum Gasteiger partial charge on any atom is 0.261 e. The highest BCUT2D eigenvalue weighted by Gasteiger charge is 2.20. The molecular formula is C12H19N3O2S. The smallest absolute Gasteiger partial charge is 0.261 e. The van der Waals surface area contributed by atoms with Crippen LogP contribution in [-0.2, 0) is 4.79 Å². The van der Waals surface area contributed by atoms with Crippen molar-refractivity contribution in [2.75, 3.05) is 13.1 Å². The van der Waals surface area contributed by atoms with Crippen molar-refractivity contribution >= 4 is 23.2 Å². The summed E-state index contributed by atoms with van der Waals surface area (Å²) in [5.74, 6) is -0.262. The molecule has 0 fully saturated rings. The Bertz CT molecular complexity index is 396. The number of amides is 2. The van der Waals surface area contributed by atoms with Crippen LogP contribution in [0, 0.1) is 0 Å². The quantitative estimate of drug-likeness (QED) is 0.665. The highest BCUT2D eigenvalue weighted by Crippen LogP contribution is 2.07. The number of thiophene rings is 1. The van der Waals surface area contributed by atoms with E-state index >= 15 is 0 Å². The van der Waals surface area contributed by atoms with E-state index in [0.29, 0.717) is 24.4 Å². The minimum absolute atomic E-state index is 0.0736. The van der Waals surface area contributed by atoms with Gasteiger partial charge < -0.3 is 16.4 Å². The Labute approximate surface area is 111 Å². The lowest BCUT2D eigenvalue weighted by Crippen LogP contribution is -2.49. The lowest BCUT2D eigenvalue weighted by atomic mass is 10.1. The van der Waals surface area contributed by atoms with E-state index in [9.17, 15) is 9.59 Å². The number of rotatable bonds is 6. The van der Waals surface area contributed by atoms with Gasteiger partial charge in [0.05, 0.1) is 10.4 Å². The third kappa shape index (κ3) is 4.85. The van der Waals surface area contributed by atoms with Crippen molar-refractivity contribution in [1.29, 1.82) is 0 Å². The van der Waals surface area contributed by atoms with Gasteiger partial charge in [0, 0.05) is 13.1 Å². The van der Waals surface area contributed by atoms with Crippen LogP contribution < -0.4 is 16.4 Å². The molecule has 0 atom stereocenters. The second kappa shape index (κ2) is 6.51. The fourth-order valence-corrected chi connectivity index (χ4v) is 1.85. The van der Waals surface area contributed by atoms with Gasteiger partial charge in [0.1, 0.15) is 0 Å². The molecule has 4 N–H and O–H groups in total. The Kier molecular flexibility index (Phi) is 5.30. The lowest BCUT2D eigenvalue weighted by molar-refractivity contribution is -0.125. The molecule has 0 aliphatic rings. The zero-order valence-electron chi connectivity index (χ0n) is 10.7. The number of nitrogens with one attached hydrogen (secondary N) is 2. The summed E-state index contributed by atoms with van der Waals surface area (Å²) < 4.78 is 0. The number of carbonyl (C=O) groups excluding carboxylic acids is 2. The van der Waals surface area contributed by atoms with Crippen LogP contribution >= 0.6 is 11.3 Å². The molecule has 0 aliphatic heterocycles. The molecule has 1 aromatic heterocycles. The van der Waals surface area contributed by atoms with Gasteiger partial charge in [-0.3, -0.25) is 9.59 Å². The first-order valence-electron chi connectivity index (χ1n) is 5.80. The molecule has 1 aromatic rings. The van der Waals surface area contributed by atoms with Crippen LogP contribution in [0.25, 0.3) is 0 Å². The van der Waals surface area contributed by atoms with Gasteiger partial charge in [0.15, 0.2) is 0 Å². The van der Waals surface area contributed by atoms with E-state index in [-0.39, 0.29) is 11.8 Å². The van der Waals surface area contributed by atoms with E-state index in [1.807, 2.05) is 11.4 Å². The van der Waals surface area contributed by atoms with Crippen molar-refractivity contribution in [3.05, 3.63) is 22.4 Å². The molecule has 0 bridgehead atoms. The molecule has 0 saturated heterocycles. The van der Waals surface area contributed by atoms with Crippen molar-refractivity contribution in [3.63, 3.8) is 0 Å². The first-order valence-corrected chi connectivity index (χ1v) is 6.68. The molecule has 0 aromatic carbocycles. The maximum atomic E-state index is 11.6. The van der Waals surface area contributed by atoms with Crippen molar-refractivity contribution in [2.45, 2.75) is 25.8 Å². The van der Waals surface area contributed by atoms with Crippen molar-refractivity contribution in [3.8, 4) is 0 Å². The second-order valence-electron chi connectivity index (χ2n) is 4.56. The van der Waals surface area contributed by atoms with Gasteiger partial charge in [0.25, 0.3) is 5.91 Å². The fourth-order valence-electron chi connectivity index (χ4n) is 1.21. The largest absolute Gasteiger partial charge is 0.354 e. The first kappa shape index (κ1) is 14.7. The summed E-state index contributed by atoms with van der Waals surface area (Å²) in [6.07, 6.45) is 0.679. The van der Waals surface area contributed by atoms with Crippen LogP contribution in [0.1, 0.15) is 29.9 Å². The summed E-state index contributed by atoms with van der Waals surface area (Å²) in [7, 11) is 0. The van der Waals surface area contributed by atoms with E-state index in [1.165, 1.54) is 11.3 Å². The highest BCUT2D eigenvalue weighted by molar-refractivity contribution is 7.12. The monoisotopic (exact) mass is 269 g/mol. The summed E-state index contributed by atoms with van der Waals surface area (Å²) >= 11 is 1.40. The maximum absolute atomic E-state index is 11.6. The van der Waals surface area contributed by atoms with Gasteiger partial charge in [-0.2, -0.15) is 0 Å². The van der Waals surface area contributed by atoms with Crippen LogP contribution in [0.5, 0.6) is 0 Å². The Balaban J connectivity index is 2.13. The van der Waals surface area contributed by atoms with Crippen LogP contribution in [0.3, 0.4) is 0 Å². The van der Waals surface area contributed by atoms with Gasteiger partial charge >= 0.3 is 0 Å². The average Bonchev–Trinajstić information content (AvgIpc) is 2.80. The summed E-state index contributed by atoms with van der Waals surface area (Å²) in [5, 5.41) is 7.36. The topological polar surface area (TPSA) is 84.2 Å². The molecule has 5 nitrogen and oxygen atoms in total. The molecule has 0 spiro atoms. The summed E-state index contributed by atoms with van der Waals surface area (Å²) in [6, 6.07) is 3.61. The Hall–Kier alpha value is -1.40. The Morgan fingerprint density at radius 3 is 2.56 bits per heavy atom. The van der Waals surface area contributed by atoms with Crippen molar-refractivity contribution in [1.82, 2.24) is 10.6 Å². The normalized spacial score (nSPS) is 11.1. The first-order chi connectivity index (χ1) is 8.41. The second-order valence-corrected chi connectivity index (χ2v) is 5.51. The van der Waals surface area contributed by atoms with Gasteiger partial charge in [-0.05, 0) is 31.7 Å². The molecule has 2 amide bonds. The molecule has 0 aliphatic carbocycles. The zero-order valence-corrected chi connectivity index (χ0v) is 11.5. The Morgan fingerprint density at radius 1 is 1.33 bits per heavy atom. The summed E-state index contributed by atoms with van der Waals surface area (Å²) in [5.41, 5.74) is 4.76. The number of hydrogen-bond acceptors (Lipinski definition) is 4. The number of carbonyl (C=O) groups is 2. The van der Waals surface area contributed by atoms with Gasteiger partial charge in [-0.1, -0.05) is 6.07 Å². The van der Waals surface area contributed by atoms with Crippen LogP contribution in [0.2, 0.25) is 0 Å². The highest BCUT2D eigenvalue weighted by atomic mass is 32.1. The van der Waals surface area contributed by atoms with Crippen LogP contribution in [-0.4, -0.2) is 30.4 Å². The molecular weight excluding hydrogens is 250 g/mol. The molecule has 1 heterocycles. The van der Waals surface area contributed by atoms with E-state index in [0.717, 1.165) is 0 Å². The van der Waals surface area contributed by atoms with Crippen LogP contribution in [0.15, 0.2) is 17.5 Å². The van der Waals surface area contributed by atoms with Crippen molar-refractivity contribution in [2.24, 2.45) is 5.73 Å². The molecule has 1 rings (SSSR count). The summed E-state index contributed by atoms with van der Waals surface area (Å²) in [4.78, 5) is 23.7. The number of nitrogens with two attached hydrogens (primary N) is 1. The predicted octanol–water partition coefficient (Wildman–Crippen LogP) is 0.721. The third-order valence-corrected chi connectivity index (χ3v) is 3.12. The van der Waals surface area contributed by atoms with Gasteiger partial charge in [-0.15, -0.1) is 11.3 Å². The lowest BCUT2D eigenvalue weighted by Gasteiger charge is -2.17. The minimum atomic E-state index is -0.861. The fraction of sp³-hybridized carbons (Fsp3) is 0.500. The Morgan fingerprint density at radius 2 is 2.00 bits per heavy atom. The molecule has 0 unspecified atom stereocenters. The predicted molar refractivity (Wildman–Crippen MR) is 72.5 cm³/mol. The molecule has 100 valence electrons. The SMILES string of the molecule is CC(C)(N)C(=O)NCCCNC(=O)c1cccs1. The minimum Gasteiger partial charge on any atom is -0.354 e. The molecule has 0 radical (unpaired) electrons. The van der Waals surface area contributed by atoms with E-state index in [2.05, 4.69) is 10.6 Å². The van der Waals surface area contributed by atoms with Crippen molar-refractivity contribution < 1.29 is 9.59 Å². The standard InChI is InChI=1S/C12H19N3O2S/c1-12(2,13)11(17)15-7-4-6-14-10(16)9-5-3-8-18-9/h3,5,8H,4,6-7,13H2,1-2H3,(H,14,16)(H,15,17). The van der Waals surface area contributed by atoms with E-state index in [4.69, 9.17) is 5.73 Å². The summed E-state index contributed by atoms with van der Waals surface area (Å²) in [6.45, 7) is 4.34. The molecule has 18 heavy (non-hydrogen) atoms. The van der Waals surface area contributed by atoms with Gasteiger partial charge in [0.2, 0.25) is 5.91 Å².